The number of nitrogens with zero attached hydrogens (tertiary/aromatic N) is 1. The number of rotatable bonds is 6. The average Bonchev–Trinajstić information content (AvgIpc) is 2.35. The highest BCUT2D eigenvalue weighted by molar-refractivity contribution is 7.99. The molecular weight excluding hydrogens is 272 g/mol. The van der Waals surface area contributed by atoms with Crippen LogP contribution in [0.25, 0.3) is 0 Å². The highest BCUT2D eigenvalue weighted by atomic mass is 35.5. The van der Waals surface area contributed by atoms with Gasteiger partial charge < -0.3 is 10.4 Å². The van der Waals surface area contributed by atoms with E-state index in [0.717, 1.165) is 5.75 Å². The first kappa shape index (κ1) is 14.8. The lowest BCUT2D eigenvalue weighted by Crippen LogP contribution is -2.14. The van der Waals surface area contributed by atoms with Crippen molar-refractivity contribution < 1.29 is 9.90 Å². The first-order chi connectivity index (χ1) is 8.67. The van der Waals surface area contributed by atoms with Crippen LogP contribution in [0.1, 0.15) is 12.0 Å². The molecule has 0 atom stereocenters. The molecule has 0 aromatic heterocycles. The van der Waals surface area contributed by atoms with E-state index >= 15 is 0 Å². The standard InChI is InChI=1S/C12H13ClN2O2S/c13-11-6-10(3-2-9(11)7-14)15-12(17)8-18-5-1-4-16/h2-3,6,16H,1,4-5,8H2,(H,15,17). The fourth-order valence-corrected chi connectivity index (χ4v) is 2.17. The summed E-state index contributed by atoms with van der Waals surface area (Å²) in [6, 6.07) is 6.71. The van der Waals surface area contributed by atoms with Crippen molar-refractivity contribution in [1.29, 1.82) is 5.26 Å². The van der Waals surface area contributed by atoms with E-state index in [1.54, 1.807) is 18.2 Å². The highest BCUT2D eigenvalue weighted by Crippen LogP contribution is 2.20. The lowest BCUT2D eigenvalue weighted by Gasteiger charge is -2.06. The minimum absolute atomic E-state index is 0.126. The van der Waals surface area contributed by atoms with Gasteiger partial charge in [-0.2, -0.15) is 17.0 Å². The molecule has 1 amide bonds. The van der Waals surface area contributed by atoms with Crippen LogP contribution in [0.15, 0.2) is 18.2 Å². The molecule has 4 nitrogen and oxygen atoms in total. The second kappa shape index (κ2) is 7.98. The summed E-state index contributed by atoms with van der Waals surface area (Å²) < 4.78 is 0. The normalized spacial score (nSPS) is 9.83. The third-order valence-corrected chi connectivity index (χ3v) is 3.41. The van der Waals surface area contributed by atoms with Gasteiger partial charge in [-0.25, -0.2) is 0 Å². The van der Waals surface area contributed by atoms with E-state index in [1.807, 2.05) is 6.07 Å². The maximum atomic E-state index is 11.5. The summed E-state index contributed by atoms with van der Waals surface area (Å²) in [5.74, 6) is 0.953. The third kappa shape index (κ3) is 4.96. The van der Waals surface area contributed by atoms with Crippen molar-refractivity contribution >= 4 is 35.0 Å². The van der Waals surface area contributed by atoms with E-state index in [-0.39, 0.29) is 12.5 Å². The second-order valence-corrected chi connectivity index (χ2v) is 5.00. The molecule has 6 heteroatoms. The Morgan fingerprint density at radius 3 is 2.94 bits per heavy atom. The van der Waals surface area contributed by atoms with Gasteiger partial charge in [0.15, 0.2) is 0 Å². The minimum Gasteiger partial charge on any atom is -0.396 e. The molecule has 1 aromatic rings. The molecule has 18 heavy (non-hydrogen) atoms. The molecule has 0 saturated carbocycles. The number of halogens is 1. The Hall–Kier alpha value is -1.22. The first-order valence-electron chi connectivity index (χ1n) is 5.35. The van der Waals surface area contributed by atoms with Gasteiger partial charge in [-0.05, 0) is 30.4 Å². The predicted molar refractivity (Wildman–Crippen MR) is 73.8 cm³/mol. The number of thioether (sulfide) groups is 1. The maximum absolute atomic E-state index is 11.5. The quantitative estimate of drug-likeness (QED) is 0.786. The van der Waals surface area contributed by atoms with Crippen molar-refractivity contribution in [1.82, 2.24) is 0 Å². The zero-order chi connectivity index (χ0) is 13.4. The predicted octanol–water partition coefficient (Wildman–Crippen LogP) is 2.27. The van der Waals surface area contributed by atoms with E-state index in [0.29, 0.717) is 28.4 Å². The lowest BCUT2D eigenvalue weighted by atomic mass is 10.2. The van der Waals surface area contributed by atoms with Crippen LogP contribution in [-0.4, -0.2) is 29.1 Å². The largest absolute Gasteiger partial charge is 0.396 e. The van der Waals surface area contributed by atoms with Crippen LogP contribution in [-0.2, 0) is 4.79 Å². The minimum atomic E-state index is -0.126. The number of carbonyl (C=O) groups excluding carboxylic acids is 1. The van der Waals surface area contributed by atoms with E-state index < -0.39 is 0 Å². The SMILES string of the molecule is N#Cc1ccc(NC(=O)CSCCCO)cc1Cl. The highest BCUT2D eigenvalue weighted by Gasteiger charge is 2.05. The molecule has 0 aliphatic carbocycles. The van der Waals surface area contributed by atoms with Gasteiger partial charge in [0.2, 0.25) is 5.91 Å². The van der Waals surface area contributed by atoms with E-state index in [1.165, 1.54) is 11.8 Å². The van der Waals surface area contributed by atoms with Gasteiger partial charge in [-0.3, -0.25) is 4.79 Å². The fraction of sp³-hybridized carbons (Fsp3) is 0.333. The Morgan fingerprint density at radius 1 is 1.56 bits per heavy atom. The molecular formula is C12H13ClN2O2S. The van der Waals surface area contributed by atoms with Crippen LogP contribution in [0.4, 0.5) is 5.69 Å². The van der Waals surface area contributed by atoms with Crippen LogP contribution >= 0.6 is 23.4 Å². The molecule has 0 unspecified atom stereocenters. The molecule has 0 radical (unpaired) electrons. The summed E-state index contributed by atoms with van der Waals surface area (Å²) in [5.41, 5.74) is 0.957. The Kier molecular flexibility index (Phi) is 6.58. The number of aliphatic hydroxyl groups excluding tert-OH is 1. The monoisotopic (exact) mass is 284 g/mol. The van der Waals surface area contributed by atoms with Gasteiger partial charge in [0.1, 0.15) is 6.07 Å². The van der Waals surface area contributed by atoms with Crippen molar-refractivity contribution in [2.24, 2.45) is 0 Å². The second-order valence-electron chi connectivity index (χ2n) is 3.48. The Labute approximate surface area is 115 Å². The number of carbonyl (C=O) groups is 1. The van der Waals surface area contributed by atoms with Crippen LogP contribution in [0.2, 0.25) is 5.02 Å². The van der Waals surface area contributed by atoms with Crippen LogP contribution in [0.3, 0.4) is 0 Å². The van der Waals surface area contributed by atoms with Gasteiger partial charge in [0, 0.05) is 12.3 Å². The molecule has 0 aliphatic heterocycles. The molecule has 0 fully saturated rings. The third-order valence-electron chi connectivity index (χ3n) is 2.05. The summed E-state index contributed by atoms with van der Waals surface area (Å²) in [6.07, 6.45) is 0.681. The van der Waals surface area contributed by atoms with Crippen molar-refractivity contribution in [2.75, 3.05) is 23.4 Å². The number of hydrogen-bond donors (Lipinski definition) is 2. The number of benzene rings is 1. The summed E-state index contributed by atoms with van der Waals surface area (Å²) in [5, 5.41) is 20.3. The fourth-order valence-electron chi connectivity index (χ4n) is 1.21. The zero-order valence-corrected chi connectivity index (χ0v) is 11.2. The molecule has 1 aromatic carbocycles. The van der Waals surface area contributed by atoms with Crippen molar-refractivity contribution in [3.63, 3.8) is 0 Å². The number of amides is 1. The van der Waals surface area contributed by atoms with Gasteiger partial charge in [-0.1, -0.05) is 11.6 Å². The zero-order valence-electron chi connectivity index (χ0n) is 9.65. The molecule has 96 valence electrons. The summed E-state index contributed by atoms with van der Waals surface area (Å²) in [6.45, 7) is 0.139. The number of nitrogens with one attached hydrogen (secondary N) is 1. The van der Waals surface area contributed by atoms with Crippen molar-refractivity contribution in [3.05, 3.63) is 28.8 Å². The lowest BCUT2D eigenvalue weighted by molar-refractivity contribution is -0.113. The molecule has 0 heterocycles. The summed E-state index contributed by atoms with van der Waals surface area (Å²) >= 11 is 7.31. The van der Waals surface area contributed by atoms with E-state index in [4.69, 9.17) is 22.0 Å². The Morgan fingerprint density at radius 2 is 2.33 bits per heavy atom. The van der Waals surface area contributed by atoms with E-state index in [9.17, 15) is 4.79 Å². The Balaban J connectivity index is 2.45. The van der Waals surface area contributed by atoms with E-state index in [2.05, 4.69) is 5.32 Å². The van der Waals surface area contributed by atoms with Crippen LogP contribution < -0.4 is 5.32 Å². The molecule has 0 bridgehead atoms. The van der Waals surface area contributed by atoms with Gasteiger partial charge >= 0.3 is 0 Å². The molecule has 1 rings (SSSR count). The smallest absolute Gasteiger partial charge is 0.234 e. The molecule has 0 aliphatic rings. The number of aliphatic hydroxyl groups is 1. The van der Waals surface area contributed by atoms with Crippen molar-refractivity contribution in [3.8, 4) is 6.07 Å². The van der Waals surface area contributed by atoms with Crippen LogP contribution in [0, 0.1) is 11.3 Å². The molecule has 0 spiro atoms. The van der Waals surface area contributed by atoms with Crippen molar-refractivity contribution in [2.45, 2.75) is 6.42 Å². The van der Waals surface area contributed by atoms with Gasteiger partial charge in [0.25, 0.3) is 0 Å². The molecule has 0 saturated heterocycles. The van der Waals surface area contributed by atoms with Gasteiger partial charge in [0.05, 0.1) is 16.3 Å². The number of nitriles is 1. The van der Waals surface area contributed by atoms with Crippen LogP contribution in [0.5, 0.6) is 0 Å². The van der Waals surface area contributed by atoms with Gasteiger partial charge in [-0.15, -0.1) is 0 Å². The maximum Gasteiger partial charge on any atom is 0.234 e. The average molecular weight is 285 g/mol. The number of anilines is 1. The Bertz CT molecular complexity index is 460. The molecule has 2 N–H and O–H groups in total. The number of hydrogen-bond acceptors (Lipinski definition) is 4. The topological polar surface area (TPSA) is 73.1 Å². The summed E-state index contributed by atoms with van der Waals surface area (Å²) in [4.78, 5) is 11.5. The summed E-state index contributed by atoms with van der Waals surface area (Å²) in [7, 11) is 0. The first-order valence-corrected chi connectivity index (χ1v) is 6.88.